The molecular weight excluding hydrogens is 661 g/mol. The van der Waals surface area contributed by atoms with Crippen molar-refractivity contribution in [3.05, 3.63) is 122 Å². The maximum Gasteiger partial charge on any atom is 0.275 e. The number of thiazole rings is 1. The first-order valence-corrected chi connectivity index (χ1v) is 15.0. The van der Waals surface area contributed by atoms with Crippen LogP contribution in [0.1, 0.15) is 15.4 Å². The molecular formula is C30H20F4N8O3S2. The number of allylic oxidation sites excluding steroid dienone is 4. The maximum atomic E-state index is 14.3. The number of halogens is 4. The van der Waals surface area contributed by atoms with Crippen LogP contribution in [-0.4, -0.2) is 24.3 Å². The Bertz CT molecular complexity index is 2050. The molecule has 47 heavy (non-hydrogen) atoms. The Labute approximate surface area is 271 Å². The largest absolute Gasteiger partial charge is 0.858 e. The van der Waals surface area contributed by atoms with Crippen LogP contribution < -0.4 is 25.4 Å². The van der Waals surface area contributed by atoms with Crippen LogP contribution in [0.3, 0.4) is 0 Å². The first kappa shape index (κ1) is 32.7. The van der Waals surface area contributed by atoms with Crippen LogP contribution in [0.4, 0.5) is 28.9 Å². The number of hydrogen-bond donors (Lipinski definition) is 3. The average molecular weight is 681 g/mol. The van der Waals surface area contributed by atoms with Crippen LogP contribution in [0, 0.1) is 28.7 Å². The number of amides is 2. The van der Waals surface area contributed by atoms with E-state index < -0.39 is 52.2 Å². The van der Waals surface area contributed by atoms with E-state index in [2.05, 4.69) is 10.0 Å². The molecule has 0 atom stereocenters. The predicted molar refractivity (Wildman–Crippen MR) is 166 cm³/mol. The van der Waals surface area contributed by atoms with Gasteiger partial charge in [-0.25, -0.2) is 17.6 Å². The van der Waals surface area contributed by atoms with Gasteiger partial charge in [-0.2, -0.15) is 4.57 Å². The zero-order valence-corrected chi connectivity index (χ0v) is 25.3. The molecule has 0 fully saturated rings. The molecule has 238 valence electrons. The summed E-state index contributed by atoms with van der Waals surface area (Å²) in [5, 5.41) is 22.9. The predicted octanol–water partition coefficient (Wildman–Crippen LogP) is 5.51. The number of thioether (sulfide) groups is 1. The minimum absolute atomic E-state index is 0.0921. The Morgan fingerprint density at radius 1 is 1.00 bits per heavy atom. The third kappa shape index (κ3) is 6.96. The van der Waals surface area contributed by atoms with Crippen molar-refractivity contribution in [3.8, 4) is 0 Å². The highest BCUT2D eigenvalue weighted by Gasteiger charge is 2.30. The van der Waals surface area contributed by atoms with Gasteiger partial charge < -0.3 is 15.4 Å². The van der Waals surface area contributed by atoms with E-state index >= 15 is 0 Å². The van der Waals surface area contributed by atoms with E-state index in [0.717, 1.165) is 20.1 Å². The molecule has 0 saturated heterocycles. The van der Waals surface area contributed by atoms with Gasteiger partial charge in [-0.15, -0.1) is 0 Å². The summed E-state index contributed by atoms with van der Waals surface area (Å²) in [4.78, 5) is 29.7. The van der Waals surface area contributed by atoms with Crippen LogP contribution in [0.5, 0.6) is 0 Å². The fourth-order valence-corrected chi connectivity index (χ4v) is 6.64. The molecule has 0 saturated carbocycles. The number of fused-ring (bicyclic) bond motifs is 2. The fraction of sp³-hybridized carbons (Fsp3) is 0.0667. The molecule has 5 rings (SSSR count). The molecule has 4 aromatic rings. The van der Waals surface area contributed by atoms with Crippen LogP contribution in [-0.2, 0) is 11.3 Å². The second kappa shape index (κ2) is 14.2. The molecule has 2 amide bonds. The van der Waals surface area contributed by atoms with Crippen LogP contribution in [0.2, 0.25) is 0 Å². The van der Waals surface area contributed by atoms with Gasteiger partial charge in [0.05, 0.1) is 10.7 Å². The highest BCUT2D eigenvalue weighted by atomic mass is 32.2. The summed E-state index contributed by atoms with van der Waals surface area (Å²) in [6.07, 6.45) is 8.75. The second-order valence-electron chi connectivity index (χ2n) is 9.49. The van der Waals surface area contributed by atoms with E-state index in [9.17, 15) is 32.3 Å². The number of carbonyl (C=O) groups excluding carboxylic acids is 2. The van der Waals surface area contributed by atoms with E-state index in [-0.39, 0.29) is 13.1 Å². The first-order chi connectivity index (χ1) is 22.6. The molecule has 3 N–H and O–H groups in total. The van der Waals surface area contributed by atoms with Gasteiger partial charge in [0.2, 0.25) is 5.52 Å². The minimum atomic E-state index is -2.11. The number of hydrogen-bond acceptors (Lipinski definition) is 8. The van der Waals surface area contributed by atoms with Crippen molar-refractivity contribution in [2.24, 2.45) is 5.11 Å². The normalized spacial score (nSPS) is 13.4. The lowest BCUT2D eigenvalue weighted by Crippen LogP contribution is -2.46. The van der Waals surface area contributed by atoms with E-state index in [1.54, 1.807) is 57.4 Å². The molecule has 1 aliphatic heterocycles. The lowest BCUT2D eigenvalue weighted by atomic mass is 10.1. The Kier molecular flexibility index (Phi) is 9.89. The summed E-state index contributed by atoms with van der Waals surface area (Å²) in [6.45, 7) is -0.461. The van der Waals surface area contributed by atoms with Crippen molar-refractivity contribution in [2.75, 3.05) is 11.4 Å². The Hall–Kier alpha value is -5.64. The van der Waals surface area contributed by atoms with E-state index in [0.29, 0.717) is 10.7 Å². The summed E-state index contributed by atoms with van der Waals surface area (Å²) in [5.74, 6) is -11.6. The van der Waals surface area contributed by atoms with Crippen molar-refractivity contribution >= 4 is 68.5 Å². The Morgan fingerprint density at radius 2 is 1.70 bits per heavy atom. The summed E-state index contributed by atoms with van der Waals surface area (Å²) in [7, 11) is 0. The fourth-order valence-electron chi connectivity index (χ4n) is 4.49. The molecule has 1 aliphatic rings. The SMILES string of the molecule is [N-]=[N+]=Nc1c(F)c(F)c(C(=O)NNC(=O)CN2/C(=C/C=C/C=C/c3sc4ccccc4[n+]3CC(=N)[O-])Sc3ccccc32)c(F)c1F. The van der Waals surface area contributed by atoms with Crippen LogP contribution >= 0.6 is 23.1 Å². The molecule has 0 radical (unpaired) electrons. The lowest BCUT2D eigenvalue weighted by Gasteiger charge is -2.20. The quantitative estimate of drug-likeness (QED) is 0.0203. The monoisotopic (exact) mass is 680 g/mol. The van der Waals surface area contributed by atoms with Crippen molar-refractivity contribution in [2.45, 2.75) is 11.4 Å². The number of anilines is 1. The molecule has 11 nitrogen and oxygen atoms in total. The number of aromatic nitrogens is 1. The van der Waals surface area contributed by atoms with E-state index in [1.807, 2.05) is 41.8 Å². The highest BCUT2D eigenvalue weighted by Crippen LogP contribution is 2.45. The zero-order valence-electron chi connectivity index (χ0n) is 23.7. The maximum absolute atomic E-state index is 14.3. The van der Waals surface area contributed by atoms with E-state index in [1.165, 1.54) is 23.1 Å². The van der Waals surface area contributed by atoms with Gasteiger partial charge in [-0.1, -0.05) is 70.7 Å². The van der Waals surface area contributed by atoms with Gasteiger partial charge in [0.1, 0.15) is 22.5 Å². The van der Waals surface area contributed by atoms with Gasteiger partial charge in [0.25, 0.3) is 16.8 Å². The number of nitrogens with zero attached hydrogens (tertiary/aromatic N) is 5. The van der Waals surface area contributed by atoms with Crippen molar-refractivity contribution in [1.29, 1.82) is 5.41 Å². The van der Waals surface area contributed by atoms with Crippen molar-refractivity contribution in [1.82, 2.24) is 10.9 Å². The molecule has 17 heteroatoms. The van der Waals surface area contributed by atoms with Gasteiger partial charge in [-0.3, -0.25) is 20.4 Å². The first-order valence-electron chi connectivity index (χ1n) is 13.4. The Morgan fingerprint density at radius 3 is 2.43 bits per heavy atom. The van der Waals surface area contributed by atoms with Gasteiger partial charge in [0, 0.05) is 27.8 Å². The highest BCUT2D eigenvalue weighted by molar-refractivity contribution is 8.03. The van der Waals surface area contributed by atoms with E-state index in [4.69, 9.17) is 10.9 Å². The number of carbonyl (C=O) groups is 2. The van der Waals surface area contributed by atoms with Crippen LogP contribution in [0.15, 0.2) is 87.9 Å². The van der Waals surface area contributed by atoms with Gasteiger partial charge >= 0.3 is 0 Å². The van der Waals surface area contributed by atoms with Crippen molar-refractivity contribution in [3.63, 3.8) is 0 Å². The third-order valence-electron chi connectivity index (χ3n) is 6.50. The Balaban J connectivity index is 1.29. The number of benzene rings is 3. The summed E-state index contributed by atoms with van der Waals surface area (Å²) < 4.78 is 59.6. The standard InChI is InChI=1S/C30H20F4N8O3S2/c31-25-24(26(32)28(34)29(27(25)33)38-40-36)30(45)39-37-21(44)15-42-17-9-5-7-11-19(17)47-23(42)13-3-1-2-12-22-41(14-20(35)43)16-8-4-6-10-18(16)46-22/h1-13H,14-15H2,(H3-,35,37,39,43,44,45). The molecule has 3 aromatic carbocycles. The molecule has 0 bridgehead atoms. The lowest BCUT2D eigenvalue weighted by molar-refractivity contribution is -0.659. The smallest absolute Gasteiger partial charge is 0.275 e. The molecule has 0 unspecified atom stereocenters. The summed E-state index contributed by atoms with van der Waals surface area (Å²) >= 11 is 2.82. The third-order valence-corrected chi connectivity index (χ3v) is 8.77. The number of rotatable bonds is 9. The molecule has 1 aromatic heterocycles. The molecule has 0 spiro atoms. The average Bonchev–Trinajstić information content (AvgIpc) is 3.58. The molecule has 2 heterocycles. The van der Waals surface area contributed by atoms with Gasteiger partial charge in [-0.05, 0) is 29.8 Å². The number of nitrogens with one attached hydrogen (secondary N) is 3. The molecule has 0 aliphatic carbocycles. The number of hydrazine groups is 1. The van der Waals surface area contributed by atoms with Crippen molar-refractivity contribution < 1.29 is 36.8 Å². The second-order valence-corrected chi connectivity index (χ2v) is 11.6. The van der Waals surface area contributed by atoms with Crippen LogP contribution in [0.25, 0.3) is 26.7 Å². The summed E-state index contributed by atoms with van der Waals surface area (Å²) in [6, 6.07) is 14.7. The zero-order chi connectivity index (χ0) is 33.7. The number of azide groups is 1. The topological polar surface area (TPSA) is 161 Å². The summed E-state index contributed by atoms with van der Waals surface area (Å²) in [5.41, 5.74) is 10.3. The minimum Gasteiger partial charge on any atom is -0.858 e. The van der Waals surface area contributed by atoms with Gasteiger partial charge in [0.15, 0.2) is 29.8 Å². The number of para-hydroxylation sites is 2.